The Balaban J connectivity index is 2.81. The molecule has 1 aromatic carbocycles. The zero-order valence-electron chi connectivity index (χ0n) is 27.8. The Morgan fingerprint density at radius 3 is 1.70 bits per heavy atom. The van der Waals surface area contributed by atoms with Gasteiger partial charge in [0.2, 0.25) is 0 Å². The van der Waals surface area contributed by atoms with Crippen molar-refractivity contribution in [3.63, 3.8) is 0 Å². The average molecular weight is 620 g/mol. The van der Waals surface area contributed by atoms with Crippen molar-refractivity contribution >= 4 is 35.3 Å². The monoisotopic (exact) mass is 619 g/mol. The van der Waals surface area contributed by atoms with Gasteiger partial charge in [-0.3, -0.25) is 4.79 Å². The number of rotatable bonds is 15. The number of esters is 3. The van der Waals surface area contributed by atoms with Crippen LogP contribution in [-0.2, 0) is 28.6 Å². The van der Waals surface area contributed by atoms with Crippen molar-refractivity contribution in [1.29, 1.82) is 0 Å². The highest BCUT2D eigenvalue weighted by atomic mass is 16.6. The molecule has 0 spiro atoms. The van der Waals surface area contributed by atoms with Crippen LogP contribution in [0.2, 0.25) is 0 Å². The molecule has 0 fully saturated rings. The molecule has 12 heteroatoms. The minimum absolute atomic E-state index is 0.0473. The number of urea groups is 1. The number of nitrogens with one attached hydrogen (secondary N) is 4. The zero-order chi connectivity index (χ0) is 33.7. The number of nitrogens with two attached hydrogens (primary N) is 1. The normalized spacial score (nSPS) is 13.1. The Labute approximate surface area is 262 Å². The van der Waals surface area contributed by atoms with Gasteiger partial charge in [0.15, 0.2) is 0 Å². The lowest BCUT2D eigenvalue weighted by Gasteiger charge is -2.27. The maximum atomic E-state index is 13.1. The SMILES string of the molecule is C=C(NCCCC[C@H](NC(=O)N[C@@H](CCC(=O)OC(C)(C)C)C(=O)OC(C)(C)C)C(=O)OC(C)(C)C)Nc1ccc(N)cc1. The topological polar surface area (TPSA) is 170 Å². The van der Waals surface area contributed by atoms with E-state index >= 15 is 0 Å². The highest BCUT2D eigenvalue weighted by Gasteiger charge is 2.31. The maximum Gasteiger partial charge on any atom is 0.329 e. The number of ether oxygens (including phenoxy) is 3. The van der Waals surface area contributed by atoms with Gasteiger partial charge in [-0.15, -0.1) is 0 Å². The van der Waals surface area contributed by atoms with E-state index in [1.807, 2.05) is 12.1 Å². The molecule has 6 N–H and O–H groups in total. The van der Waals surface area contributed by atoms with Gasteiger partial charge in [-0.1, -0.05) is 6.58 Å². The molecule has 0 aliphatic heterocycles. The van der Waals surface area contributed by atoms with Crippen LogP contribution < -0.4 is 27.0 Å². The van der Waals surface area contributed by atoms with Crippen LogP contribution >= 0.6 is 0 Å². The number of anilines is 2. The summed E-state index contributed by atoms with van der Waals surface area (Å²) in [4.78, 5) is 51.2. The van der Waals surface area contributed by atoms with Crippen LogP contribution in [0.1, 0.15) is 94.4 Å². The third-order valence-corrected chi connectivity index (χ3v) is 5.51. The van der Waals surface area contributed by atoms with Crippen LogP contribution in [0.3, 0.4) is 0 Å². The van der Waals surface area contributed by atoms with Crippen LogP contribution in [0, 0.1) is 0 Å². The summed E-state index contributed by atoms with van der Waals surface area (Å²) < 4.78 is 16.3. The summed E-state index contributed by atoms with van der Waals surface area (Å²) in [5.41, 5.74) is 4.94. The second kappa shape index (κ2) is 16.8. The Bertz CT molecular complexity index is 1120. The second-order valence-corrected chi connectivity index (χ2v) is 13.6. The molecule has 0 aliphatic carbocycles. The summed E-state index contributed by atoms with van der Waals surface area (Å²) in [5.74, 6) is -1.21. The highest BCUT2D eigenvalue weighted by Crippen LogP contribution is 2.15. The van der Waals surface area contributed by atoms with Crippen molar-refractivity contribution in [2.75, 3.05) is 17.6 Å². The molecule has 0 saturated heterocycles. The van der Waals surface area contributed by atoms with Crippen molar-refractivity contribution in [1.82, 2.24) is 16.0 Å². The van der Waals surface area contributed by atoms with E-state index < -0.39 is 52.8 Å². The van der Waals surface area contributed by atoms with Gasteiger partial charge < -0.3 is 41.2 Å². The minimum Gasteiger partial charge on any atom is -0.460 e. The molecule has 0 unspecified atom stereocenters. The van der Waals surface area contributed by atoms with E-state index in [-0.39, 0.29) is 19.3 Å². The third-order valence-electron chi connectivity index (χ3n) is 5.51. The Morgan fingerprint density at radius 1 is 0.750 bits per heavy atom. The molecule has 2 amide bonds. The van der Waals surface area contributed by atoms with Gasteiger partial charge in [0.05, 0.1) is 5.82 Å². The smallest absolute Gasteiger partial charge is 0.329 e. The van der Waals surface area contributed by atoms with E-state index in [1.165, 1.54) is 0 Å². The maximum absolute atomic E-state index is 13.1. The molecule has 1 aromatic rings. The lowest BCUT2D eigenvalue weighted by molar-refractivity contribution is -0.159. The molecule has 12 nitrogen and oxygen atoms in total. The van der Waals surface area contributed by atoms with Gasteiger partial charge in [0.25, 0.3) is 0 Å². The molecule has 0 radical (unpaired) electrons. The molecule has 2 atom stereocenters. The Hall–Kier alpha value is -3.96. The average Bonchev–Trinajstić information content (AvgIpc) is 2.83. The van der Waals surface area contributed by atoms with E-state index in [0.29, 0.717) is 30.9 Å². The molecule has 0 saturated carbocycles. The molecular weight excluding hydrogens is 566 g/mol. The molecule has 1 rings (SSSR count). The standard InChI is InChI=1S/C32H53N5O7/c1-21(35-23-16-14-22(33)15-17-23)34-20-12-11-13-24(27(39)43-31(5,6)7)36-29(41)37-25(28(40)44-32(8,9)10)18-19-26(38)42-30(2,3)4/h14-17,24-25,34-35H,1,11-13,18-20,33H2,2-10H3,(H2,36,37,41)/t24-,25-/m0/s1. The fraction of sp³-hybridized carbons (Fsp3) is 0.625. The molecule has 44 heavy (non-hydrogen) atoms. The van der Waals surface area contributed by atoms with Crippen LogP contribution in [0.5, 0.6) is 0 Å². The first-order valence-corrected chi connectivity index (χ1v) is 14.9. The number of nitrogen functional groups attached to an aromatic ring is 1. The number of unbranched alkanes of at least 4 members (excludes halogenated alkanes) is 1. The van der Waals surface area contributed by atoms with E-state index in [1.54, 1.807) is 74.4 Å². The predicted molar refractivity (Wildman–Crippen MR) is 171 cm³/mol. The van der Waals surface area contributed by atoms with E-state index in [9.17, 15) is 19.2 Å². The van der Waals surface area contributed by atoms with Crippen molar-refractivity contribution in [3.8, 4) is 0 Å². The molecule has 0 aromatic heterocycles. The Kier molecular flexibility index (Phi) is 14.5. The van der Waals surface area contributed by atoms with E-state index in [4.69, 9.17) is 19.9 Å². The van der Waals surface area contributed by atoms with Gasteiger partial charge in [0.1, 0.15) is 28.9 Å². The fourth-order valence-corrected chi connectivity index (χ4v) is 3.75. The summed E-state index contributed by atoms with van der Waals surface area (Å²) in [6.07, 6.45) is 1.36. The van der Waals surface area contributed by atoms with Crippen LogP contribution in [-0.4, -0.2) is 59.4 Å². The van der Waals surface area contributed by atoms with Gasteiger partial charge in [0, 0.05) is 24.3 Å². The lowest BCUT2D eigenvalue weighted by atomic mass is 10.1. The number of benzene rings is 1. The molecule has 0 heterocycles. The Morgan fingerprint density at radius 2 is 1.23 bits per heavy atom. The fourth-order valence-electron chi connectivity index (χ4n) is 3.75. The van der Waals surface area contributed by atoms with E-state index in [0.717, 1.165) is 5.69 Å². The van der Waals surface area contributed by atoms with Crippen LogP contribution in [0.15, 0.2) is 36.7 Å². The van der Waals surface area contributed by atoms with Crippen molar-refractivity contribution < 1.29 is 33.4 Å². The quantitative estimate of drug-likeness (QED) is 0.0799. The summed E-state index contributed by atoms with van der Waals surface area (Å²) in [7, 11) is 0. The van der Waals surface area contributed by atoms with Crippen molar-refractivity contribution in [2.45, 2.75) is 123 Å². The number of carbonyl (C=O) groups excluding carboxylic acids is 4. The summed E-state index contributed by atoms with van der Waals surface area (Å²) in [6, 6.07) is 4.36. The first-order chi connectivity index (χ1) is 20.1. The van der Waals surface area contributed by atoms with Crippen LogP contribution in [0.4, 0.5) is 16.2 Å². The first kappa shape index (κ1) is 38.1. The van der Waals surface area contributed by atoms with Gasteiger partial charge in [-0.05, 0) is 112 Å². The van der Waals surface area contributed by atoms with Crippen molar-refractivity contribution in [2.24, 2.45) is 0 Å². The molecule has 0 aliphatic rings. The van der Waals surface area contributed by atoms with Gasteiger partial charge in [-0.25, -0.2) is 14.4 Å². The predicted octanol–water partition coefficient (Wildman–Crippen LogP) is 4.75. The number of hydrogen-bond donors (Lipinski definition) is 5. The molecule has 0 bridgehead atoms. The summed E-state index contributed by atoms with van der Waals surface area (Å²) >= 11 is 0. The molecule has 248 valence electrons. The second-order valence-electron chi connectivity index (χ2n) is 13.6. The largest absolute Gasteiger partial charge is 0.460 e. The lowest BCUT2D eigenvalue weighted by Crippen LogP contribution is -2.53. The highest BCUT2D eigenvalue weighted by molar-refractivity contribution is 5.87. The summed E-state index contributed by atoms with van der Waals surface area (Å²) in [6.45, 7) is 20.1. The number of amides is 2. The van der Waals surface area contributed by atoms with Gasteiger partial charge in [-0.2, -0.15) is 0 Å². The zero-order valence-corrected chi connectivity index (χ0v) is 27.8. The summed E-state index contributed by atoms with van der Waals surface area (Å²) in [5, 5.41) is 11.5. The van der Waals surface area contributed by atoms with Gasteiger partial charge >= 0.3 is 23.9 Å². The molecular formula is C32H53N5O7. The van der Waals surface area contributed by atoms with Crippen molar-refractivity contribution in [3.05, 3.63) is 36.7 Å². The number of carbonyl (C=O) groups is 4. The third kappa shape index (κ3) is 17.9. The van der Waals surface area contributed by atoms with E-state index in [2.05, 4.69) is 27.8 Å². The number of hydrogen-bond acceptors (Lipinski definition) is 10. The minimum atomic E-state index is -1.15. The first-order valence-electron chi connectivity index (χ1n) is 14.9. The van der Waals surface area contributed by atoms with Crippen LogP contribution in [0.25, 0.3) is 0 Å².